The Morgan fingerprint density at radius 3 is 2.52 bits per heavy atom. The number of nitrogens with one attached hydrogen (secondary N) is 1. The van der Waals surface area contributed by atoms with Gasteiger partial charge < -0.3 is 5.32 Å². The van der Waals surface area contributed by atoms with E-state index in [0.717, 1.165) is 23.8 Å². The molecule has 1 amide bonds. The molecule has 25 heavy (non-hydrogen) atoms. The highest BCUT2D eigenvalue weighted by Crippen LogP contribution is 2.40. The van der Waals surface area contributed by atoms with Crippen LogP contribution in [0.25, 0.3) is 0 Å². The summed E-state index contributed by atoms with van der Waals surface area (Å²) >= 11 is 0. The Bertz CT molecular complexity index is 864. The summed E-state index contributed by atoms with van der Waals surface area (Å²) in [6, 6.07) is 17.1. The van der Waals surface area contributed by atoms with Crippen LogP contribution in [0.2, 0.25) is 0 Å². The molecule has 1 aliphatic rings. The highest BCUT2D eigenvalue weighted by molar-refractivity contribution is 7.86. The summed E-state index contributed by atoms with van der Waals surface area (Å²) in [4.78, 5) is 13.1. The lowest BCUT2D eigenvalue weighted by Gasteiger charge is -2.28. The minimum Gasteiger partial charge on any atom is -0.351 e. The molecule has 0 aliphatic heterocycles. The van der Waals surface area contributed by atoms with Crippen molar-refractivity contribution in [1.29, 1.82) is 0 Å². The maximum Gasteiger partial charge on any atom is 0.268 e. The van der Waals surface area contributed by atoms with Crippen LogP contribution >= 0.6 is 0 Å². The molecule has 1 N–H and O–H groups in total. The van der Waals surface area contributed by atoms with E-state index < -0.39 is 15.5 Å². The zero-order chi connectivity index (χ0) is 17.9. The molecule has 2 aromatic rings. The third-order valence-corrected chi connectivity index (χ3v) is 6.12. The zero-order valence-electron chi connectivity index (χ0n) is 14.1. The summed E-state index contributed by atoms with van der Waals surface area (Å²) in [6.45, 7) is 0.358. The van der Waals surface area contributed by atoms with Crippen LogP contribution in [0, 0.1) is 0 Å². The maximum atomic E-state index is 13.1. The molecule has 6 heteroatoms. The maximum absolute atomic E-state index is 13.1. The first kappa shape index (κ1) is 17.6. The van der Waals surface area contributed by atoms with E-state index in [2.05, 4.69) is 9.50 Å². The molecular weight excluding hydrogens is 338 g/mol. The van der Waals surface area contributed by atoms with Crippen molar-refractivity contribution in [2.75, 3.05) is 12.9 Å². The van der Waals surface area contributed by atoms with E-state index in [9.17, 15) is 13.2 Å². The molecule has 0 aromatic heterocycles. The fourth-order valence-corrected chi connectivity index (χ4v) is 4.60. The van der Waals surface area contributed by atoms with Gasteiger partial charge in [0.25, 0.3) is 10.1 Å². The summed E-state index contributed by atoms with van der Waals surface area (Å²) in [5.41, 5.74) is 1.65. The topological polar surface area (TPSA) is 72.5 Å². The Balaban J connectivity index is 1.91. The monoisotopic (exact) mass is 359 g/mol. The first-order valence-corrected chi connectivity index (χ1v) is 9.73. The second kappa shape index (κ2) is 6.98. The molecule has 0 spiro atoms. The third kappa shape index (κ3) is 3.60. The van der Waals surface area contributed by atoms with Crippen LogP contribution in [0.4, 0.5) is 0 Å². The Labute approximate surface area is 148 Å². The van der Waals surface area contributed by atoms with Gasteiger partial charge in [0, 0.05) is 6.54 Å². The quantitative estimate of drug-likeness (QED) is 0.803. The predicted octanol–water partition coefficient (Wildman–Crippen LogP) is 2.16. The van der Waals surface area contributed by atoms with Gasteiger partial charge in [-0.05, 0) is 29.5 Å². The van der Waals surface area contributed by atoms with Crippen molar-refractivity contribution in [2.24, 2.45) is 0 Å². The van der Waals surface area contributed by atoms with Crippen molar-refractivity contribution in [3.8, 4) is 0 Å². The van der Waals surface area contributed by atoms with Gasteiger partial charge in [0.1, 0.15) is 0 Å². The molecule has 2 aromatic carbocycles. The van der Waals surface area contributed by atoms with Gasteiger partial charge in [0.15, 0.2) is 0 Å². The number of fused-ring (bicyclic) bond motifs is 1. The van der Waals surface area contributed by atoms with E-state index >= 15 is 0 Å². The van der Waals surface area contributed by atoms with Crippen LogP contribution in [0.15, 0.2) is 54.6 Å². The first-order chi connectivity index (χ1) is 12.0. The van der Waals surface area contributed by atoms with Crippen molar-refractivity contribution >= 4 is 16.0 Å². The van der Waals surface area contributed by atoms with E-state index in [4.69, 9.17) is 0 Å². The molecule has 0 bridgehead atoms. The number of benzene rings is 2. The van der Waals surface area contributed by atoms with Crippen molar-refractivity contribution in [1.82, 2.24) is 5.32 Å². The van der Waals surface area contributed by atoms with Crippen molar-refractivity contribution < 1.29 is 17.4 Å². The highest BCUT2D eigenvalue weighted by atomic mass is 32.2. The standard InChI is InChI=1S/C19H21NO4S/c1-24-25(22,23)14-19(12-11-16-9-5-6-10-17(16)19)18(21)20-13-15-7-3-2-4-8-15/h2-10H,11-14H2,1H3,(H,20,21). The molecule has 0 fully saturated rings. The summed E-state index contributed by atoms with van der Waals surface area (Å²) in [7, 11) is -2.66. The SMILES string of the molecule is COS(=O)(=O)CC1(C(=O)NCc2ccccc2)CCc2ccccc21. The lowest BCUT2D eigenvalue weighted by atomic mass is 9.82. The Morgan fingerprint density at radius 1 is 1.12 bits per heavy atom. The Morgan fingerprint density at radius 2 is 1.80 bits per heavy atom. The van der Waals surface area contributed by atoms with Crippen molar-refractivity contribution in [2.45, 2.75) is 24.8 Å². The van der Waals surface area contributed by atoms with Gasteiger partial charge >= 0.3 is 0 Å². The average Bonchev–Trinajstić information content (AvgIpc) is 3.00. The number of rotatable bonds is 6. The number of carbonyl (C=O) groups excluding carboxylic acids is 1. The minimum absolute atomic E-state index is 0.276. The Hall–Kier alpha value is -2.18. The predicted molar refractivity (Wildman–Crippen MR) is 95.5 cm³/mol. The minimum atomic E-state index is -3.79. The fourth-order valence-electron chi connectivity index (χ4n) is 3.45. The molecular formula is C19H21NO4S. The van der Waals surface area contributed by atoms with E-state index in [1.165, 1.54) is 0 Å². The van der Waals surface area contributed by atoms with E-state index in [1.54, 1.807) is 0 Å². The van der Waals surface area contributed by atoms with Gasteiger partial charge in [-0.3, -0.25) is 8.98 Å². The molecule has 0 heterocycles. The highest BCUT2D eigenvalue weighted by Gasteiger charge is 2.48. The van der Waals surface area contributed by atoms with Crippen LogP contribution < -0.4 is 5.32 Å². The molecule has 0 saturated heterocycles. The van der Waals surface area contributed by atoms with Gasteiger partial charge in [-0.2, -0.15) is 8.42 Å². The molecule has 3 rings (SSSR count). The van der Waals surface area contributed by atoms with E-state index in [1.807, 2.05) is 54.6 Å². The number of amides is 1. The summed E-state index contributed by atoms with van der Waals surface area (Å²) < 4.78 is 28.9. The second-order valence-electron chi connectivity index (χ2n) is 6.28. The lowest BCUT2D eigenvalue weighted by molar-refractivity contribution is -0.126. The molecule has 1 atom stereocenters. The molecule has 132 valence electrons. The average molecular weight is 359 g/mol. The summed E-state index contributed by atoms with van der Waals surface area (Å²) in [5.74, 6) is -0.629. The van der Waals surface area contributed by atoms with Crippen LogP contribution in [0.3, 0.4) is 0 Å². The van der Waals surface area contributed by atoms with Crippen molar-refractivity contribution in [3.63, 3.8) is 0 Å². The van der Waals surface area contributed by atoms with Crippen LogP contribution in [-0.2, 0) is 37.5 Å². The number of aryl methyl sites for hydroxylation is 1. The van der Waals surface area contributed by atoms with Gasteiger partial charge in [-0.25, -0.2) is 0 Å². The zero-order valence-corrected chi connectivity index (χ0v) is 14.9. The first-order valence-electron chi connectivity index (χ1n) is 8.16. The molecule has 0 radical (unpaired) electrons. The number of carbonyl (C=O) groups is 1. The smallest absolute Gasteiger partial charge is 0.268 e. The Kier molecular flexibility index (Phi) is 4.92. The van der Waals surface area contributed by atoms with Crippen LogP contribution in [-0.4, -0.2) is 27.2 Å². The number of hydrogen-bond donors (Lipinski definition) is 1. The van der Waals surface area contributed by atoms with Crippen molar-refractivity contribution in [3.05, 3.63) is 71.3 Å². The van der Waals surface area contributed by atoms with Gasteiger partial charge in [0.05, 0.1) is 18.3 Å². The molecule has 1 aliphatic carbocycles. The molecule has 5 nitrogen and oxygen atoms in total. The summed E-state index contributed by atoms with van der Waals surface area (Å²) in [6.07, 6.45) is 1.13. The molecule has 1 unspecified atom stereocenters. The van der Waals surface area contributed by atoms with Gasteiger partial charge in [-0.15, -0.1) is 0 Å². The fraction of sp³-hybridized carbons (Fsp3) is 0.316. The largest absolute Gasteiger partial charge is 0.351 e. The van der Waals surface area contributed by atoms with Crippen LogP contribution in [0.5, 0.6) is 0 Å². The number of hydrogen-bond acceptors (Lipinski definition) is 4. The summed E-state index contributed by atoms with van der Waals surface area (Å²) in [5, 5.41) is 2.91. The second-order valence-corrected chi connectivity index (χ2v) is 8.01. The van der Waals surface area contributed by atoms with E-state index in [-0.39, 0.29) is 11.7 Å². The molecule has 0 saturated carbocycles. The van der Waals surface area contributed by atoms with Gasteiger partial charge in [-0.1, -0.05) is 54.6 Å². The van der Waals surface area contributed by atoms with E-state index in [0.29, 0.717) is 19.4 Å². The normalized spacial score (nSPS) is 19.4. The third-order valence-electron chi connectivity index (χ3n) is 4.76. The lowest BCUT2D eigenvalue weighted by Crippen LogP contribution is -2.47. The van der Waals surface area contributed by atoms with Crippen LogP contribution in [0.1, 0.15) is 23.1 Å². The van der Waals surface area contributed by atoms with Gasteiger partial charge in [0.2, 0.25) is 5.91 Å².